The van der Waals surface area contributed by atoms with Crippen molar-refractivity contribution in [2.75, 3.05) is 32.5 Å². The Labute approximate surface area is 193 Å². The van der Waals surface area contributed by atoms with Gasteiger partial charge in [0, 0.05) is 19.6 Å². The number of aliphatic hydroxyl groups excluding tert-OH is 1. The number of nitrogens with zero attached hydrogens (tertiary/aromatic N) is 1. The fourth-order valence-electron chi connectivity index (χ4n) is 4.13. The average Bonchev–Trinajstić information content (AvgIpc) is 2.76. The average molecular weight is 484 g/mol. The summed E-state index contributed by atoms with van der Waals surface area (Å²) in [7, 11) is -3.67. The zero-order valence-corrected chi connectivity index (χ0v) is 19.3. The van der Waals surface area contributed by atoms with Crippen LogP contribution < -0.4 is 0 Å². The first kappa shape index (κ1) is 25.5. The van der Waals surface area contributed by atoms with Crippen molar-refractivity contribution >= 4 is 10.1 Å². The minimum absolute atomic E-state index is 0.359. The van der Waals surface area contributed by atoms with Crippen molar-refractivity contribution in [2.45, 2.75) is 37.6 Å². The second-order valence-corrected chi connectivity index (χ2v) is 10.0. The molecule has 8 nitrogen and oxygen atoms in total. The monoisotopic (exact) mass is 483 g/mol. The van der Waals surface area contributed by atoms with Crippen LogP contribution in [0.3, 0.4) is 0 Å². The molecule has 1 saturated heterocycles. The van der Waals surface area contributed by atoms with Gasteiger partial charge in [-0.3, -0.25) is 4.55 Å². The highest BCUT2D eigenvalue weighted by molar-refractivity contribution is 7.85. The minimum Gasteiger partial charge on any atom is -0.505 e. The number of fused-ring (bicyclic) bond motifs is 1. The summed E-state index contributed by atoms with van der Waals surface area (Å²) in [5.41, 5.74) is 2.94. The van der Waals surface area contributed by atoms with E-state index < -0.39 is 33.4 Å². The van der Waals surface area contributed by atoms with Crippen LogP contribution in [0.25, 0.3) is 0 Å². The predicted molar refractivity (Wildman–Crippen MR) is 120 cm³/mol. The largest absolute Gasteiger partial charge is 0.505 e. The molecule has 0 radical (unpaired) electrons. The van der Waals surface area contributed by atoms with Crippen LogP contribution in [0.4, 0.5) is 4.39 Å². The molecule has 2 heterocycles. The van der Waals surface area contributed by atoms with Gasteiger partial charge in [-0.05, 0) is 53.6 Å². The SMILES string of the molecule is CS(=O)(=O)O.Oc1ccc(C(O)CN2CCC(O)(c3ccc4c(c3)COCC4)CC2)cc1F. The highest BCUT2D eigenvalue weighted by Crippen LogP contribution is 2.35. The smallest absolute Gasteiger partial charge is 0.261 e. The third-order valence-corrected chi connectivity index (χ3v) is 5.99. The summed E-state index contributed by atoms with van der Waals surface area (Å²) < 4.78 is 44.9. The summed E-state index contributed by atoms with van der Waals surface area (Å²) in [6.45, 7) is 2.99. The Balaban J connectivity index is 0.000000555. The summed E-state index contributed by atoms with van der Waals surface area (Å²) in [5, 5.41) is 30.9. The molecular formula is C23H30FNO7S. The molecule has 0 saturated carbocycles. The van der Waals surface area contributed by atoms with Crippen LogP contribution in [0, 0.1) is 5.82 Å². The lowest BCUT2D eigenvalue weighted by atomic mass is 9.82. The fourth-order valence-corrected chi connectivity index (χ4v) is 4.13. The van der Waals surface area contributed by atoms with Gasteiger partial charge in [-0.2, -0.15) is 8.42 Å². The van der Waals surface area contributed by atoms with Crippen LogP contribution in [0.15, 0.2) is 36.4 Å². The molecule has 1 fully saturated rings. The topological polar surface area (TPSA) is 128 Å². The van der Waals surface area contributed by atoms with Crippen LogP contribution in [0.5, 0.6) is 5.75 Å². The van der Waals surface area contributed by atoms with Crippen molar-refractivity contribution in [1.29, 1.82) is 0 Å². The van der Waals surface area contributed by atoms with Gasteiger partial charge in [0.1, 0.15) is 0 Å². The van der Waals surface area contributed by atoms with Crippen molar-refractivity contribution in [3.63, 3.8) is 0 Å². The summed E-state index contributed by atoms with van der Waals surface area (Å²) in [4.78, 5) is 2.07. The molecule has 0 spiro atoms. The second kappa shape index (κ2) is 10.5. The Bertz CT molecular complexity index is 1060. The molecule has 4 N–H and O–H groups in total. The van der Waals surface area contributed by atoms with Crippen LogP contribution >= 0.6 is 0 Å². The lowest BCUT2D eigenvalue weighted by Gasteiger charge is -2.39. The van der Waals surface area contributed by atoms with Crippen molar-refractivity contribution in [2.24, 2.45) is 0 Å². The van der Waals surface area contributed by atoms with Crippen LogP contribution in [0.2, 0.25) is 0 Å². The fraction of sp³-hybridized carbons (Fsp3) is 0.478. The Morgan fingerprint density at radius 1 is 1.15 bits per heavy atom. The van der Waals surface area contributed by atoms with Crippen LogP contribution in [-0.4, -0.2) is 65.7 Å². The van der Waals surface area contributed by atoms with E-state index in [9.17, 15) is 28.1 Å². The third-order valence-electron chi connectivity index (χ3n) is 5.99. The molecule has 0 aromatic heterocycles. The zero-order valence-electron chi connectivity index (χ0n) is 18.4. The standard InChI is InChI=1S/C22H26FNO4.CH4O3S/c23-19-12-16(2-4-20(19)25)21(26)13-24-8-6-22(27,7-9-24)18-3-1-15-5-10-28-14-17(15)11-18;1-5(2,3)4/h1-4,11-12,21,25-27H,5-10,13-14H2;1H3,(H,2,3,4). The number of hydrogen-bond acceptors (Lipinski definition) is 7. The Morgan fingerprint density at radius 3 is 2.45 bits per heavy atom. The lowest BCUT2D eigenvalue weighted by molar-refractivity contribution is -0.0346. The van der Waals surface area contributed by atoms with Gasteiger partial charge in [0.2, 0.25) is 0 Å². The van der Waals surface area contributed by atoms with Gasteiger partial charge in [-0.1, -0.05) is 24.3 Å². The van der Waals surface area contributed by atoms with Crippen LogP contribution in [0.1, 0.15) is 41.2 Å². The maximum absolute atomic E-state index is 13.5. The number of aliphatic hydroxyl groups is 2. The van der Waals surface area contributed by atoms with Gasteiger partial charge in [-0.25, -0.2) is 4.39 Å². The number of piperidine rings is 1. The molecule has 1 atom stereocenters. The molecule has 0 bridgehead atoms. The van der Waals surface area contributed by atoms with Crippen LogP contribution in [-0.2, 0) is 33.5 Å². The van der Waals surface area contributed by atoms with E-state index in [0.717, 1.165) is 30.2 Å². The summed E-state index contributed by atoms with van der Waals surface area (Å²) >= 11 is 0. The molecule has 10 heteroatoms. The quantitative estimate of drug-likeness (QED) is 0.487. The third kappa shape index (κ3) is 7.20. The molecule has 2 aliphatic rings. The highest BCUT2D eigenvalue weighted by Gasteiger charge is 2.35. The van der Waals surface area contributed by atoms with Gasteiger partial charge in [0.15, 0.2) is 11.6 Å². The number of β-amino-alcohol motifs (C(OH)–C–C–N with tert-alkyl or cyclic N) is 1. The van der Waals surface area contributed by atoms with Gasteiger partial charge >= 0.3 is 0 Å². The van der Waals surface area contributed by atoms with Gasteiger partial charge in [-0.15, -0.1) is 0 Å². The van der Waals surface area contributed by atoms with E-state index in [4.69, 9.17) is 9.29 Å². The van der Waals surface area contributed by atoms with Gasteiger partial charge in [0.05, 0.1) is 31.2 Å². The maximum Gasteiger partial charge on any atom is 0.261 e. The van der Waals surface area contributed by atoms with E-state index in [1.807, 2.05) is 6.07 Å². The van der Waals surface area contributed by atoms with Crippen molar-refractivity contribution < 1.29 is 37.4 Å². The number of phenols is 1. The summed E-state index contributed by atoms with van der Waals surface area (Å²) in [6, 6.07) is 10.1. The number of benzene rings is 2. The number of aromatic hydroxyl groups is 1. The lowest BCUT2D eigenvalue weighted by Crippen LogP contribution is -2.44. The zero-order chi connectivity index (χ0) is 24.2. The Hall–Kier alpha value is -2.08. The molecule has 2 aromatic carbocycles. The van der Waals surface area contributed by atoms with E-state index in [2.05, 4.69) is 17.0 Å². The molecular weight excluding hydrogens is 453 g/mol. The minimum atomic E-state index is -3.67. The predicted octanol–water partition coefficient (Wildman–Crippen LogP) is 2.12. The molecule has 4 rings (SSSR count). The first-order valence-corrected chi connectivity index (χ1v) is 12.5. The summed E-state index contributed by atoms with van der Waals surface area (Å²) in [6.07, 6.45) is 1.93. The number of hydrogen-bond donors (Lipinski definition) is 4. The molecule has 33 heavy (non-hydrogen) atoms. The van der Waals surface area contributed by atoms with E-state index in [1.165, 1.54) is 17.7 Å². The molecule has 0 aliphatic carbocycles. The number of likely N-dealkylation sites (tertiary alicyclic amines) is 1. The van der Waals surface area contributed by atoms with Gasteiger partial charge < -0.3 is 25.0 Å². The molecule has 1 unspecified atom stereocenters. The number of halogens is 1. The van der Waals surface area contributed by atoms with Gasteiger partial charge in [0.25, 0.3) is 10.1 Å². The first-order chi connectivity index (χ1) is 15.4. The van der Waals surface area contributed by atoms with E-state index in [-0.39, 0.29) is 0 Å². The van der Waals surface area contributed by atoms with E-state index >= 15 is 0 Å². The van der Waals surface area contributed by atoms with E-state index in [0.29, 0.717) is 50.9 Å². The van der Waals surface area contributed by atoms with Crippen molar-refractivity contribution in [1.82, 2.24) is 4.90 Å². The van der Waals surface area contributed by atoms with Crippen molar-refractivity contribution in [3.05, 3.63) is 64.5 Å². The molecule has 182 valence electrons. The first-order valence-electron chi connectivity index (χ1n) is 10.7. The molecule has 0 amide bonds. The second-order valence-electron chi connectivity index (χ2n) is 8.58. The van der Waals surface area contributed by atoms with E-state index in [1.54, 1.807) is 0 Å². The maximum atomic E-state index is 13.5. The highest BCUT2D eigenvalue weighted by atomic mass is 32.2. The summed E-state index contributed by atoms with van der Waals surface area (Å²) in [5.74, 6) is -1.16. The Morgan fingerprint density at radius 2 is 1.82 bits per heavy atom. The number of rotatable bonds is 4. The number of phenolic OH excluding ortho intramolecular Hbond substituents is 1. The van der Waals surface area contributed by atoms with Crippen molar-refractivity contribution in [3.8, 4) is 5.75 Å². The Kier molecular flexibility index (Phi) is 8.09. The normalized spacial score (nSPS) is 19.2. The molecule has 2 aliphatic heterocycles. The molecule has 2 aromatic rings. The number of ether oxygens (including phenoxy) is 1.